The van der Waals surface area contributed by atoms with E-state index in [1.54, 1.807) is 33.9 Å². The molecule has 3 aliphatic heterocycles. The predicted molar refractivity (Wildman–Crippen MR) is 233 cm³/mol. The fraction of sp³-hybridized carbons (Fsp3) is 0.370. The van der Waals surface area contributed by atoms with Gasteiger partial charge in [0.15, 0.2) is 28.9 Å². The molecule has 0 bridgehead atoms. The molecule has 2 atom stereocenters. The number of oxazole rings is 1. The van der Waals surface area contributed by atoms with Crippen LogP contribution in [0.4, 0.5) is 20.2 Å². The molecular weight excluding hydrogens is 781 g/mol. The van der Waals surface area contributed by atoms with E-state index < -0.39 is 11.6 Å². The summed E-state index contributed by atoms with van der Waals surface area (Å²) in [7, 11) is 1.42. The van der Waals surface area contributed by atoms with Crippen molar-refractivity contribution in [1.29, 1.82) is 0 Å². The van der Waals surface area contributed by atoms with Gasteiger partial charge in [0.25, 0.3) is 11.1 Å². The van der Waals surface area contributed by atoms with Crippen LogP contribution in [0.25, 0.3) is 44.9 Å². The Labute approximate surface area is 351 Å². The lowest BCUT2D eigenvalue weighted by Gasteiger charge is -2.35. The molecule has 2 aromatic carbocycles. The maximum atomic E-state index is 14.5. The molecule has 316 valence electrons. The number of ether oxygens (including phenoxy) is 1. The molecule has 0 spiro atoms. The summed E-state index contributed by atoms with van der Waals surface area (Å²) in [4.78, 5) is 48.5. The minimum absolute atomic E-state index is 0.165. The number of benzene rings is 2. The molecule has 5 aromatic heterocycles. The van der Waals surface area contributed by atoms with Gasteiger partial charge in [-0.25, -0.2) is 23.7 Å². The highest BCUT2D eigenvalue weighted by molar-refractivity contribution is 5.80. The number of anilines is 2. The summed E-state index contributed by atoms with van der Waals surface area (Å²) in [5, 5.41) is 0. The molecule has 0 unspecified atom stereocenters. The zero-order chi connectivity index (χ0) is 42.4. The number of nitrogens with zero attached hydrogens (tertiary/aromatic N) is 9. The molecule has 3 aliphatic rings. The van der Waals surface area contributed by atoms with Gasteiger partial charge in [-0.1, -0.05) is 13.8 Å². The van der Waals surface area contributed by atoms with Crippen molar-refractivity contribution in [3.05, 3.63) is 117 Å². The van der Waals surface area contributed by atoms with E-state index in [0.29, 0.717) is 57.1 Å². The molecular formula is C46H49F2N9O4. The van der Waals surface area contributed by atoms with Crippen LogP contribution in [-0.2, 0) is 0 Å². The standard InChI is InChI=1S/C23H24FN5O2.C23H25FN4O2/c1-3-6-27-7-9-28(10-8-27)17-4-5-21-26-19(13-22(30)29(21)14-17)16-11-18(24)23-20(12-16)31-15(2)25-23;1-3-26-10-16-12-27(13-17(16)11-26)18-5-7-22-25-20(9-23(29)28(22)14-18)15-4-6-21(30-2)19(24)8-15/h4-5,11-14H,3,6-10H2,1-2H3;4-9,14,16-17H,3,10-13H2,1-2H3/t;16-,17+. The zero-order valence-electron chi connectivity index (χ0n) is 34.9. The highest BCUT2D eigenvalue weighted by Gasteiger charge is 2.39. The van der Waals surface area contributed by atoms with E-state index in [0.717, 1.165) is 83.2 Å². The first kappa shape index (κ1) is 40.2. The summed E-state index contributed by atoms with van der Waals surface area (Å²) in [5.74, 6) is 0.974. The first-order valence-corrected chi connectivity index (χ1v) is 21.0. The lowest BCUT2D eigenvalue weighted by Crippen LogP contribution is -2.46. The van der Waals surface area contributed by atoms with Crippen LogP contribution in [0.5, 0.6) is 5.75 Å². The molecule has 0 N–H and O–H groups in total. The normalized spacial score (nSPS) is 18.3. The number of aryl methyl sites for hydroxylation is 1. The van der Waals surface area contributed by atoms with Crippen LogP contribution in [0.15, 0.2) is 93.1 Å². The molecule has 8 heterocycles. The molecule has 0 amide bonds. The third kappa shape index (κ3) is 8.07. The molecule has 3 saturated heterocycles. The second-order valence-electron chi connectivity index (χ2n) is 16.2. The van der Waals surface area contributed by atoms with Crippen molar-refractivity contribution in [3.8, 4) is 28.3 Å². The van der Waals surface area contributed by atoms with E-state index in [4.69, 9.17) is 9.15 Å². The number of halogens is 2. The van der Waals surface area contributed by atoms with Gasteiger partial charge in [-0.15, -0.1) is 0 Å². The number of hydrogen-bond acceptors (Lipinski definition) is 11. The molecule has 0 radical (unpaired) electrons. The van der Waals surface area contributed by atoms with Gasteiger partial charge in [-0.3, -0.25) is 23.3 Å². The van der Waals surface area contributed by atoms with Crippen LogP contribution < -0.4 is 25.7 Å². The van der Waals surface area contributed by atoms with Crippen molar-refractivity contribution in [3.63, 3.8) is 0 Å². The minimum Gasteiger partial charge on any atom is -0.494 e. The summed E-state index contributed by atoms with van der Waals surface area (Å²) >= 11 is 0. The monoisotopic (exact) mass is 829 g/mol. The van der Waals surface area contributed by atoms with Gasteiger partial charge in [-0.05, 0) is 85.9 Å². The number of fused-ring (bicyclic) bond motifs is 4. The van der Waals surface area contributed by atoms with Crippen LogP contribution >= 0.6 is 0 Å². The quantitative estimate of drug-likeness (QED) is 0.170. The Morgan fingerprint density at radius 2 is 1.30 bits per heavy atom. The largest absolute Gasteiger partial charge is 0.494 e. The SMILES string of the molecule is CCCN1CCN(c2ccc3nc(-c4cc(F)c5nc(C)oc5c4)cc(=O)n3c2)CC1.CCN1C[C@@H]2CN(c3ccc4nc(-c5ccc(OC)c(F)c5)cc(=O)n4c3)C[C@@H]2C1. The second kappa shape index (κ2) is 16.7. The van der Waals surface area contributed by atoms with E-state index >= 15 is 0 Å². The molecule has 3 fully saturated rings. The zero-order valence-corrected chi connectivity index (χ0v) is 34.9. The van der Waals surface area contributed by atoms with Crippen LogP contribution in [0.3, 0.4) is 0 Å². The minimum atomic E-state index is -0.496. The van der Waals surface area contributed by atoms with Crippen molar-refractivity contribution < 1.29 is 17.9 Å². The number of rotatable bonds is 8. The van der Waals surface area contributed by atoms with Crippen LogP contribution in [0.2, 0.25) is 0 Å². The van der Waals surface area contributed by atoms with Crippen LogP contribution in [-0.4, -0.2) is 106 Å². The van der Waals surface area contributed by atoms with E-state index in [2.05, 4.69) is 48.4 Å². The Morgan fingerprint density at radius 1 is 0.689 bits per heavy atom. The van der Waals surface area contributed by atoms with Gasteiger partial charge in [0, 0.05) is 94.9 Å². The Kier molecular flexibility index (Phi) is 11.0. The molecule has 0 aliphatic carbocycles. The average Bonchev–Trinajstić information content (AvgIpc) is 3.97. The summed E-state index contributed by atoms with van der Waals surface area (Å²) in [6.07, 6.45) is 4.88. The van der Waals surface area contributed by atoms with E-state index in [9.17, 15) is 18.4 Å². The summed E-state index contributed by atoms with van der Waals surface area (Å²) in [6.45, 7) is 16.6. The lowest BCUT2D eigenvalue weighted by molar-refractivity contribution is 0.258. The smallest absolute Gasteiger partial charge is 0.258 e. The van der Waals surface area contributed by atoms with Gasteiger partial charge >= 0.3 is 0 Å². The molecule has 0 saturated carbocycles. The van der Waals surface area contributed by atoms with Crippen molar-refractivity contribution in [2.45, 2.75) is 27.2 Å². The van der Waals surface area contributed by atoms with Crippen LogP contribution in [0.1, 0.15) is 26.2 Å². The molecule has 13 nitrogen and oxygen atoms in total. The number of methoxy groups -OCH3 is 1. The third-order valence-electron chi connectivity index (χ3n) is 12.2. The number of hydrogen-bond donors (Lipinski definition) is 0. The molecule has 15 heteroatoms. The summed E-state index contributed by atoms with van der Waals surface area (Å²) < 4.78 is 42.1. The highest BCUT2D eigenvalue weighted by Crippen LogP contribution is 2.34. The Morgan fingerprint density at radius 3 is 1.89 bits per heavy atom. The summed E-state index contributed by atoms with van der Waals surface area (Å²) in [5.41, 5.74) is 5.14. The molecule has 10 rings (SSSR count). The first-order chi connectivity index (χ1) is 29.6. The predicted octanol–water partition coefficient (Wildman–Crippen LogP) is 6.38. The average molecular weight is 830 g/mol. The number of piperazine rings is 1. The topological polar surface area (TPSA) is 117 Å². The van der Waals surface area contributed by atoms with E-state index in [1.807, 2.05) is 36.7 Å². The highest BCUT2D eigenvalue weighted by atomic mass is 19.1. The van der Waals surface area contributed by atoms with Gasteiger partial charge < -0.3 is 23.9 Å². The van der Waals surface area contributed by atoms with E-state index in [1.165, 1.54) is 31.4 Å². The van der Waals surface area contributed by atoms with Crippen molar-refractivity contribution in [1.82, 2.24) is 33.6 Å². The Balaban J connectivity index is 0.000000156. The first-order valence-electron chi connectivity index (χ1n) is 21.0. The fourth-order valence-electron chi connectivity index (χ4n) is 9.03. The van der Waals surface area contributed by atoms with Gasteiger partial charge in [0.1, 0.15) is 16.8 Å². The maximum absolute atomic E-state index is 14.5. The lowest BCUT2D eigenvalue weighted by atomic mass is 10.0. The molecule has 61 heavy (non-hydrogen) atoms. The molecule has 7 aromatic rings. The van der Waals surface area contributed by atoms with Gasteiger partial charge in [0.05, 0.1) is 29.9 Å². The van der Waals surface area contributed by atoms with Crippen molar-refractivity contribution in [2.75, 3.05) is 82.4 Å². The second-order valence-corrected chi connectivity index (χ2v) is 16.2. The number of likely N-dealkylation sites (tertiary alicyclic amines) is 1. The fourth-order valence-corrected chi connectivity index (χ4v) is 9.03. The third-order valence-corrected chi connectivity index (χ3v) is 12.2. The number of aromatic nitrogens is 5. The van der Waals surface area contributed by atoms with Gasteiger partial charge in [-0.2, -0.15) is 0 Å². The van der Waals surface area contributed by atoms with Crippen LogP contribution in [0, 0.1) is 30.4 Å². The summed E-state index contributed by atoms with van der Waals surface area (Å²) in [6, 6.07) is 18.2. The van der Waals surface area contributed by atoms with E-state index in [-0.39, 0.29) is 22.4 Å². The Hall–Kier alpha value is -6.19. The Bertz CT molecular complexity index is 2860. The van der Waals surface area contributed by atoms with Gasteiger partial charge in [0.2, 0.25) is 0 Å². The van der Waals surface area contributed by atoms with Crippen molar-refractivity contribution >= 4 is 33.8 Å². The number of pyridine rings is 2. The maximum Gasteiger partial charge on any atom is 0.258 e. The van der Waals surface area contributed by atoms with Crippen molar-refractivity contribution in [2.24, 2.45) is 11.8 Å².